The van der Waals surface area contributed by atoms with E-state index in [1.807, 2.05) is 83.8 Å². The van der Waals surface area contributed by atoms with E-state index in [1.54, 1.807) is 0 Å². The Kier molecular flexibility index (Phi) is 7.58. The lowest BCUT2D eigenvalue weighted by Crippen LogP contribution is -2.49. The lowest BCUT2D eigenvalue weighted by Gasteiger charge is -2.36. The quantitative estimate of drug-likeness (QED) is 0.501. The molecule has 5 nitrogen and oxygen atoms in total. The summed E-state index contributed by atoms with van der Waals surface area (Å²) in [5.74, 6) is 0.750. The van der Waals surface area contributed by atoms with Crippen LogP contribution in [0.4, 0.5) is 0 Å². The average molecular weight is 496 g/mol. The van der Waals surface area contributed by atoms with Crippen molar-refractivity contribution < 1.29 is 19.4 Å². The SMILES string of the molecule is O=C(c1ccc(COc2ccc(Br)cc2)cc1)N1CCOCC1CC(O)c1ccccc1. The molecule has 1 heterocycles. The second kappa shape index (κ2) is 10.8. The van der Waals surface area contributed by atoms with Gasteiger partial charge in [-0.2, -0.15) is 0 Å². The highest BCUT2D eigenvalue weighted by molar-refractivity contribution is 9.10. The number of halogens is 1. The Morgan fingerprint density at radius 1 is 1.06 bits per heavy atom. The van der Waals surface area contributed by atoms with Crippen molar-refractivity contribution in [1.29, 1.82) is 0 Å². The first-order valence-corrected chi connectivity index (χ1v) is 11.5. The Morgan fingerprint density at radius 2 is 1.78 bits per heavy atom. The molecule has 0 bridgehead atoms. The minimum Gasteiger partial charge on any atom is -0.489 e. The number of nitrogens with zero attached hydrogens (tertiary/aromatic N) is 1. The van der Waals surface area contributed by atoms with Gasteiger partial charge in [0.2, 0.25) is 0 Å². The zero-order valence-corrected chi connectivity index (χ0v) is 19.3. The third-order valence-electron chi connectivity index (χ3n) is 5.59. The van der Waals surface area contributed by atoms with Crippen LogP contribution < -0.4 is 4.74 Å². The van der Waals surface area contributed by atoms with Gasteiger partial charge < -0.3 is 19.5 Å². The van der Waals surface area contributed by atoms with Gasteiger partial charge in [0, 0.05) is 23.0 Å². The molecule has 0 radical (unpaired) electrons. The number of carbonyl (C=O) groups is 1. The first kappa shape index (κ1) is 22.5. The zero-order valence-electron chi connectivity index (χ0n) is 17.7. The van der Waals surface area contributed by atoms with Crippen LogP contribution >= 0.6 is 15.9 Å². The normalized spacial score (nSPS) is 17.1. The van der Waals surface area contributed by atoms with Crippen LogP contribution in [-0.4, -0.2) is 41.7 Å². The van der Waals surface area contributed by atoms with Crippen molar-refractivity contribution in [3.8, 4) is 5.75 Å². The first-order valence-electron chi connectivity index (χ1n) is 10.7. The van der Waals surface area contributed by atoms with Gasteiger partial charge in [0.15, 0.2) is 0 Å². The van der Waals surface area contributed by atoms with E-state index in [-0.39, 0.29) is 11.9 Å². The molecule has 4 rings (SSSR count). The van der Waals surface area contributed by atoms with Gasteiger partial charge >= 0.3 is 0 Å². The largest absolute Gasteiger partial charge is 0.489 e. The number of ether oxygens (including phenoxy) is 2. The summed E-state index contributed by atoms with van der Waals surface area (Å²) in [5.41, 5.74) is 2.46. The molecule has 0 spiro atoms. The van der Waals surface area contributed by atoms with Crippen molar-refractivity contribution in [3.05, 3.63) is 100 Å². The number of morpholine rings is 1. The molecule has 3 aromatic carbocycles. The molecular formula is C26H26BrNO4. The van der Waals surface area contributed by atoms with Crippen molar-refractivity contribution in [1.82, 2.24) is 4.90 Å². The fourth-order valence-corrected chi connectivity index (χ4v) is 4.06. The molecule has 1 saturated heterocycles. The first-order chi connectivity index (χ1) is 15.6. The van der Waals surface area contributed by atoms with E-state index >= 15 is 0 Å². The molecule has 166 valence electrons. The van der Waals surface area contributed by atoms with Gasteiger partial charge in [-0.1, -0.05) is 58.4 Å². The van der Waals surface area contributed by atoms with E-state index in [0.29, 0.717) is 38.3 Å². The topological polar surface area (TPSA) is 59.0 Å². The predicted octanol–water partition coefficient (Wildman–Crippen LogP) is 4.99. The highest BCUT2D eigenvalue weighted by Gasteiger charge is 2.30. The van der Waals surface area contributed by atoms with Gasteiger partial charge in [-0.25, -0.2) is 0 Å². The molecule has 2 unspecified atom stereocenters. The summed E-state index contributed by atoms with van der Waals surface area (Å²) in [5, 5.41) is 10.6. The number of rotatable bonds is 7. The molecule has 2 atom stereocenters. The minimum absolute atomic E-state index is 0.0426. The molecular weight excluding hydrogens is 470 g/mol. The molecule has 3 aromatic rings. The number of hydrogen-bond acceptors (Lipinski definition) is 4. The number of hydrogen-bond donors (Lipinski definition) is 1. The summed E-state index contributed by atoms with van der Waals surface area (Å²) in [6.07, 6.45) is -0.203. The van der Waals surface area contributed by atoms with Crippen molar-refractivity contribution in [2.45, 2.75) is 25.2 Å². The van der Waals surface area contributed by atoms with Crippen LogP contribution in [0.5, 0.6) is 5.75 Å². The van der Waals surface area contributed by atoms with Gasteiger partial charge in [0.1, 0.15) is 12.4 Å². The number of aliphatic hydroxyl groups excluding tert-OH is 1. The van der Waals surface area contributed by atoms with E-state index < -0.39 is 6.10 Å². The Hall–Kier alpha value is -2.67. The van der Waals surface area contributed by atoms with Gasteiger partial charge in [-0.3, -0.25) is 4.79 Å². The highest BCUT2D eigenvalue weighted by atomic mass is 79.9. The van der Waals surface area contributed by atoms with Gasteiger partial charge in [0.25, 0.3) is 5.91 Å². The van der Waals surface area contributed by atoms with E-state index in [0.717, 1.165) is 21.3 Å². The number of aliphatic hydroxyl groups is 1. The lowest BCUT2D eigenvalue weighted by atomic mass is 10.00. The molecule has 0 aromatic heterocycles. The summed E-state index contributed by atoms with van der Waals surface area (Å²) < 4.78 is 12.4. The Balaban J connectivity index is 1.38. The Labute approximate surface area is 196 Å². The van der Waals surface area contributed by atoms with E-state index in [9.17, 15) is 9.90 Å². The third kappa shape index (κ3) is 5.76. The minimum atomic E-state index is -0.642. The van der Waals surface area contributed by atoms with Crippen LogP contribution in [0, 0.1) is 0 Å². The van der Waals surface area contributed by atoms with Crippen LogP contribution in [0.15, 0.2) is 83.3 Å². The molecule has 1 fully saturated rings. The lowest BCUT2D eigenvalue weighted by molar-refractivity contribution is -0.0173. The van der Waals surface area contributed by atoms with E-state index in [2.05, 4.69) is 15.9 Å². The molecule has 1 amide bonds. The standard InChI is InChI=1S/C26H26BrNO4/c27-22-10-12-24(13-11-22)32-17-19-6-8-21(9-7-19)26(30)28-14-15-31-18-23(28)16-25(29)20-4-2-1-3-5-20/h1-13,23,25,29H,14-18H2. The van der Waals surface area contributed by atoms with E-state index in [4.69, 9.17) is 9.47 Å². The maximum Gasteiger partial charge on any atom is 0.254 e. The fourth-order valence-electron chi connectivity index (χ4n) is 3.79. The number of amides is 1. The average Bonchev–Trinajstić information content (AvgIpc) is 2.84. The second-order valence-electron chi connectivity index (χ2n) is 7.83. The van der Waals surface area contributed by atoms with Gasteiger partial charge in [-0.05, 0) is 47.5 Å². The molecule has 0 aliphatic carbocycles. The van der Waals surface area contributed by atoms with Crippen LogP contribution in [0.2, 0.25) is 0 Å². The van der Waals surface area contributed by atoms with Crippen molar-refractivity contribution >= 4 is 21.8 Å². The zero-order chi connectivity index (χ0) is 22.3. The predicted molar refractivity (Wildman–Crippen MR) is 127 cm³/mol. The Bertz CT molecular complexity index is 1010. The molecule has 32 heavy (non-hydrogen) atoms. The highest BCUT2D eigenvalue weighted by Crippen LogP contribution is 2.24. The summed E-state index contributed by atoms with van der Waals surface area (Å²) >= 11 is 3.41. The van der Waals surface area contributed by atoms with Crippen LogP contribution in [0.25, 0.3) is 0 Å². The second-order valence-corrected chi connectivity index (χ2v) is 8.74. The number of carbonyl (C=O) groups excluding carboxylic acids is 1. The smallest absolute Gasteiger partial charge is 0.254 e. The van der Waals surface area contributed by atoms with Crippen LogP contribution in [-0.2, 0) is 11.3 Å². The van der Waals surface area contributed by atoms with Crippen LogP contribution in [0.1, 0.15) is 34.0 Å². The summed E-state index contributed by atoms with van der Waals surface area (Å²) in [6, 6.07) is 24.5. The number of benzene rings is 3. The molecule has 0 saturated carbocycles. The van der Waals surface area contributed by atoms with Gasteiger partial charge in [0.05, 0.1) is 25.4 Å². The van der Waals surface area contributed by atoms with Crippen LogP contribution in [0.3, 0.4) is 0 Å². The van der Waals surface area contributed by atoms with E-state index in [1.165, 1.54) is 0 Å². The van der Waals surface area contributed by atoms with Gasteiger partial charge in [-0.15, -0.1) is 0 Å². The van der Waals surface area contributed by atoms with Crippen molar-refractivity contribution in [3.63, 3.8) is 0 Å². The summed E-state index contributed by atoms with van der Waals surface area (Å²) in [7, 11) is 0. The van der Waals surface area contributed by atoms with Crippen molar-refractivity contribution in [2.24, 2.45) is 0 Å². The maximum absolute atomic E-state index is 13.2. The molecule has 6 heteroatoms. The molecule has 1 N–H and O–H groups in total. The maximum atomic E-state index is 13.2. The molecule has 1 aliphatic rings. The summed E-state index contributed by atoms with van der Waals surface area (Å²) in [4.78, 5) is 15.0. The van der Waals surface area contributed by atoms with Crippen molar-refractivity contribution in [2.75, 3.05) is 19.8 Å². The Morgan fingerprint density at radius 3 is 2.50 bits per heavy atom. The summed E-state index contributed by atoms with van der Waals surface area (Å²) in [6.45, 7) is 1.87. The third-order valence-corrected chi connectivity index (χ3v) is 6.12. The molecule has 1 aliphatic heterocycles. The fraction of sp³-hybridized carbons (Fsp3) is 0.269. The monoisotopic (exact) mass is 495 g/mol.